The van der Waals surface area contributed by atoms with Gasteiger partial charge in [-0.15, -0.1) is 11.3 Å². The van der Waals surface area contributed by atoms with E-state index in [9.17, 15) is 4.21 Å². The maximum absolute atomic E-state index is 12.1. The molecule has 3 aromatic heterocycles. The molecule has 6 heteroatoms. The van der Waals surface area contributed by atoms with Crippen molar-refractivity contribution < 1.29 is 13.4 Å². The van der Waals surface area contributed by atoms with E-state index in [-0.39, 0.29) is 0 Å². The number of hydrogen-bond donors (Lipinski definition) is 0. The summed E-state index contributed by atoms with van der Waals surface area (Å²) in [6.45, 7) is 0.478. The first kappa shape index (κ1) is 16.9. The standard InChI is InChI=1S/C20H17NO3S2/c1-26(2,22)17-7-5-14(6-8-17)19-20-15(9-10-23-20)12-18(21-19)24-13-16-4-3-11-25-16/h3-12H,1,13H2,2H3. The highest BCUT2D eigenvalue weighted by Crippen LogP contribution is 2.31. The lowest BCUT2D eigenvalue weighted by Gasteiger charge is -2.09. The lowest BCUT2D eigenvalue weighted by Crippen LogP contribution is -1.98. The number of nitrogens with zero attached hydrogens (tertiary/aromatic N) is 1. The molecular formula is C20H17NO3S2. The third-order valence-electron chi connectivity index (χ3n) is 3.98. The summed E-state index contributed by atoms with van der Waals surface area (Å²) in [5.41, 5.74) is 2.28. The minimum atomic E-state index is -2.24. The Kier molecular flexibility index (Phi) is 4.30. The van der Waals surface area contributed by atoms with Crippen LogP contribution in [0.2, 0.25) is 0 Å². The van der Waals surface area contributed by atoms with Crippen molar-refractivity contribution >= 4 is 37.7 Å². The number of furan rings is 1. The van der Waals surface area contributed by atoms with Crippen LogP contribution >= 0.6 is 11.3 Å². The summed E-state index contributed by atoms with van der Waals surface area (Å²) in [6.07, 6.45) is 3.27. The van der Waals surface area contributed by atoms with Crippen molar-refractivity contribution in [2.75, 3.05) is 6.26 Å². The molecule has 0 radical (unpaired) electrons. The molecule has 0 amide bonds. The number of hydrogen-bond acceptors (Lipinski definition) is 5. The summed E-state index contributed by atoms with van der Waals surface area (Å²) in [5.74, 6) is 4.27. The van der Waals surface area contributed by atoms with E-state index < -0.39 is 9.52 Å². The van der Waals surface area contributed by atoms with Crippen molar-refractivity contribution in [1.29, 1.82) is 0 Å². The highest BCUT2D eigenvalue weighted by Gasteiger charge is 2.13. The first-order valence-electron chi connectivity index (χ1n) is 7.97. The van der Waals surface area contributed by atoms with E-state index in [4.69, 9.17) is 9.15 Å². The number of rotatable bonds is 5. The van der Waals surface area contributed by atoms with E-state index in [1.807, 2.05) is 53.9 Å². The molecule has 0 aliphatic heterocycles. The zero-order valence-electron chi connectivity index (χ0n) is 14.2. The summed E-state index contributed by atoms with van der Waals surface area (Å²) >= 11 is 1.65. The van der Waals surface area contributed by atoms with Gasteiger partial charge in [0.05, 0.1) is 6.26 Å². The van der Waals surface area contributed by atoms with Crippen molar-refractivity contribution in [1.82, 2.24) is 4.98 Å². The van der Waals surface area contributed by atoms with Crippen molar-refractivity contribution in [3.63, 3.8) is 0 Å². The molecule has 4 nitrogen and oxygen atoms in total. The van der Waals surface area contributed by atoms with E-state index in [2.05, 4.69) is 10.9 Å². The predicted molar refractivity (Wildman–Crippen MR) is 108 cm³/mol. The molecule has 0 N–H and O–H groups in total. The van der Waals surface area contributed by atoms with Crippen LogP contribution in [0.15, 0.2) is 69.5 Å². The molecule has 0 bridgehead atoms. The van der Waals surface area contributed by atoms with Gasteiger partial charge in [0.15, 0.2) is 5.58 Å². The predicted octanol–water partition coefficient (Wildman–Crippen LogP) is 4.84. The van der Waals surface area contributed by atoms with Crippen LogP contribution < -0.4 is 4.74 Å². The number of thiophene rings is 1. The van der Waals surface area contributed by atoms with Crippen molar-refractivity contribution in [3.05, 3.63) is 65.1 Å². The van der Waals surface area contributed by atoms with E-state index in [1.54, 1.807) is 23.9 Å². The largest absolute Gasteiger partial charge is 0.472 e. The van der Waals surface area contributed by atoms with E-state index in [1.165, 1.54) is 0 Å². The van der Waals surface area contributed by atoms with Crippen LogP contribution in [0.25, 0.3) is 22.2 Å². The SMILES string of the molecule is C=S(C)(=O)c1ccc(-c2nc(OCc3cccs3)cc3ccoc23)cc1. The van der Waals surface area contributed by atoms with E-state index in [0.29, 0.717) is 28.7 Å². The van der Waals surface area contributed by atoms with E-state index in [0.717, 1.165) is 15.8 Å². The first-order chi connectivity index (χ1) is 12.5. The zero-order valence-corrected chi connectivity index (χ0v) is 15.8. The minimum absolute atomic E-state index is 0.478. The highest BCUT2D eigenvalue weighted by molar-refractivity contribution is 7.99. The maximum atomic E-state index is 12.1. The second kappa shape index (κ2) is 6.63. The third-order valence-corrected chi connectivity index (χ3v) is 6.10. The van der Waals surface area contributed by atoms with Gasteiger partial charge in [-0.2, -0.15) is 0 Å². The van der Waals surface area contributed by atoms with Gasteiger partial charge >= 0.3 is 0 Å². The second-order valence-electron chi connectivity index (χ2n) is 6.05. The second-order valence-corrected chi connectivity index (χ2v) is 9.56. The van der Waals surface area contributed by atoms with Crippen LogP contribution in [0.4, 0.5) is 0 Å². The smallest absolute Gasteiger partial charge is 0.215 e. The quantitative estimate of drug-likeness (QED) is 0.463. The van der Waals surface area contributed by atoms with Gasteiger partial charge in [0.25, 0.3) is 0 Å². The summed E-state index contributed by atoms with van der Waals surface area (Å²) in [6, 6.07) is 15.2. The summed E-state index contributed by atoms with van der Waals surface area (Å²) in [7, 11) is -2.24. The number of aromatic nitrogens is 1. The molecule has 4 rings (SSSR count). The molecule has 0 aliphatic rings. The van der Waals surface area contributed by atoms with Gasteiger partial charge in [0.2, 0.25) is 5.88 Å². The molecule has 26 heavy (non-hydrogen) atoms. The lowest BCUT2D eigenvalue weighted by atomic mass is 10.1. The minimum Gasteiger partial charge on any atom is -0.472 e. The van der Waals surface area contributed by atoms with Gasteiger partial charge in [0.1, 0.15) is 12.3 Å². The first-order valence-corrected chi connectivity index (χ1v) is 11.0. The van der Waals surface area contributed by atoms with Crippen molar-refractivity contribution in [2.24, 2.45) is 0 Å². The fourth-order valence-electron chi connectivity index (χ4n) is 2.66. The van der Waals surface area contributed by atoms with Crippen LogP contribution in [0, 0.1) is 0 Å². The maximum Gasteiger partial charge on any atom is 0.215 e. The Labute approximate surface area is 156 Å². The molecule has 1 aromatic carbocycles. The van der Waals surface area contributed by atoms with Crippen molar-refractivity contribution in [3.8, 4) is 17.1 Å². The summed E-state index contributed by atoms with van der Waals surface area (Å²) in [4.78, 5) is 6.48. The fraction of sp³-hybridized carbons (Fsp3) is 0.100. The van der Waals surface area contributed by atoms with Crippen LogP contribution in [0.1, 0.15) is 4.88 Å². The molecule has 0 spiro atoms. The Hall–Kier alpha value is -2.57. The van der Waals surface area contributed by atoms with Gasteiger partial charge in [-0.25, -0.2) is 4.98 Å². The Balaban J connectivity index is 1.72. The summed E-state index contributed by atoms with van der Waals surface area (Å²) < 4.78 is 23.6. The Morgan fingerprint density at radius 2 is 2.04 bits per heavy atom. The zero-order chi connectivity index (χ0) is 18.1. The van der Waals surface area contributed by atoms with E-state index >= 15 is 0 Å². The van der Waals surface area contributed by atoms with Crippen LogP contribution in [-0.4, -0.2) is 21.3 Å². The van der Waals surface area contributed by atoms with Gasteiger partial charge < -0.3 is 9.15 Å². The van der Waals surface area contributed by atoms with Gasteiger partial charge in [-0.05, 0) is 45.0 Å². The fourth-order valence-corrected chi connectivity index (χ4v) is 3.99. The molecular weight excluding hydrogens is 366 g/mol. The number of ether oxygens (including phenoxy) is 1. The van der Waals surface area contributed by atoms with Crippen LogP contribution in [-0.2, 0) is 16.1 Å². The molecule has 1 unspecified atom stereocenters. The van der Waals surface area contributed by atoms with Crippen molar-refractivity contribution in [2.45, 2.75) is 11.5 Å². The molecule has 0 aliphatic carbocycles. The molecule has 1 atom stereocenters. The Morgan fingerprint density at radius 3 is 2.73 bits per heavy atom. The monoisotopic (exact) mass is 383 g/mol. The average molecular weight is 383 g/mol. The molecule has 0 saturated carbocycles. The molecule has 3 heterocycles. The van der Waals surface area contributed by atoms with Gasteiger partial charge in [-0.3, -0.25) is 4.21 Å². The van der Waals surface area contributed by atoms with Crippen LogP contribution in [0.3, 0.4) is 0 Å². The molecule has 0 saturated heterocycles. The highest BCUT2D eigenvalue weighted by atomic mass is 32.2. The number of fused-ring (bicyclic) bond motifs is 1. The molecule has 4 aromatic rings. The summed E-state index contributed by atoms with van der Waals surface area (Å²) in [5, 5.41) is 2.95. The Bertz CT molecular complexity index is 1140. The topological polar surface area (TPSA) is 52.3 Å². The lowest BCUT2D eigenvalue weighted by molar-refractivity contribution is 0.298. The number of benzene rings is 1. The Morgan fingerprint density at radius 1 is 1.23 bits per heavy atom. The van der Waals surface area contributed by atoms with Gasteiger partial charge in [-0.1, -0.05) is 18.2 Å². The normalized spacial score (nSPS) is 13.6. The average Bonchev–Trinajstić information content (AvgIpc) is 3.30. The third kappa shape index (κ3) is 3.38. The molecule has 132 valence electrons. The van der Waals surface area contributed by atoms with Crippen LogP contribution in [0.5, 0.6) is 5.88 Å². The molecule has 0 fully saturated rings. The number of pyridine rings is 1. The van der Waals surface area contributed by atoms with Gasteiger partial charge in [0, 0.05) is 33.0 Å².